The molecule has 0 saturated heterocycles. The molecule has 0 bridgehead atoms. The van der Waals surface area contributed by atoms with Crippen molar-refractivity contribution in [3.63, 3.8) is 0 Å². The highest BCUT2D eigenvalue weighted by Crippen LogP contribution is 2.24. The molecule has 8 heteroatoms. The monoisotopic (exact) mass is 313 g/mol. The van der Waals surface area contributed by atoms with Gasteiger partial charge in [-0.05, 0) is 18.2 Å². The van der Waals surface area contributed by atoms with E-state index in [0.29, 0.717) is 12.2 Å². The van der Waals surface area contributed by atoms with E-state index < -0.39 is 5.84 Å². The Morgan fingerprint density at radius 2 is 2.30 bits per heavy atom. The normalized spacial score (nSPS) is 11.7. The van der Waals surface area contributed by atoms with Crippen LogP contribution in [0.4, 0.5) is 5.69 Å². The number of benzene rings is 1. The molecule has 1 aromatic carbocycles. The number of nitrogens with zero attached hydrogens (tertiary/aromatic N) is 4. The maximum atomic E-state index is 9.24. The molecule has 0 fully saturated rings. The number of amidine groups is 1. The van der Waals surface area contributed by atoms with Gasteiger partial charge in [0.1, 0.15) is 11.9 Å². The largest absolute Gasteiger partial charge is 0.395 e. The third kappa shape index (κ3) is 3.46. The van der Waals surface area contributed by atoms with Crippen molar-refractivity contribution in [2.45, 2.75) is 26.3 Å². The fourth-order valence-corrected chi connectivity index (χ4v) is 2.26. The van der Waals surface area contributed by atoms with Crippen LogP contribution in [-0.2, 0) is 6.54 Å². The quantitative estimate of drug-likeness (QED) is 0.363. The van der Waals surface area contributed by atoms with E-state index in [4.69, 9.17) is 16.4 Å². The van der Waals surface area contributed by atoms with Crippen LogP contribution in [-0.4, -0.2) is 32.8 Å². The number of nitrogens with two attached hydrogens (primary N) is 1. The van der Waals surface area contributed by atoms with Crippen LogP contribution in [0.2, 0.25) is 0 Å². The van der Waals surface area contributed by atoms with Crippen molar-refractivity contribution in [1.82, 2.24) is 9.55 Å². The third-order valence-electron chi connectivity index (χ3n) is 3.28. The first kappa shape index (κ1) is 16.5. The maximum Gasteiger partial charge on any atom is 0.201 e. The Kier molecular flexibility index (Phi) is 4.93. The van der Waals surface area contributed by atoms with Gasteiger partial charge in [-0.1, -0.05) is 13.8 Å². The van der Waals surface area contributed by atoms with Gasteiger partial charge in [0.2, 0.25) is 5.71 Å². The summed E-state index contributed by atoms with van der Waals surface area (Å²) in [5.74, 6) is 0.734. The zero-order chi connectivity index (χ0) is 17.0. The highest BCUT2D eigenvalue weighted by molar-refractivity contribution is 6.45. The molecule has 0 aliphatic rings. The number of hydrogen-bond donors (Lipinski definition) is 4. The smallest absolute Gasteiger partial charge is 0.201 e. The van der Waals surface area contributed by atoms with Crippen LogP contribution in [0, 0.1) is 16.7 Å². The number of aromatic nitrogens is 2. The average molecular weight is 313 g/mol. The Hall–Kier alpha value is -2.92. The van der Waals surface area contributed by atoms with Gasteiger partial charge in [0.05, 0.1) is 23.3 Å². The molecule has 2 aromatic rings. The van der Waals surface area contributed by atoms with Gasteiger partial charge in [-0.25, -0.2) is 4.98 Å². The van der Waals surface area contributed by atoms with E-state index in [1.165, 1.54) is 0 Å². The van der Waals surface area contributed by atoms with E-state index in [1.54, 1.807) is 18.2 Å². The Balaban J connectivity index is 2.40. The topological polar surface area (TPSA) is 136 Å². The predicted molar refractivity (Wildman–Crippen MR) is 89.5 cm³/mol. The van der Waals surface area contributed by atoms with Crippen molar-refractivity contribution < 1.29 is 5.11 Å². The molecule has 2 rings (SSSR count). The molecule has 0 atom stereocenters. The molecular weight excluding hydrogens is 294 g/mol. The van der Waals surface area contributed by atoms with E-state index in [-0.39, 0.29) is 18.2 Å². The van der Waals surface area contributed by atoms with Gasteiger partial charge in [0.25, 0.3) is 0 Å². The molecule has 1 heterocycles. The van der Waals surface area contributed by atoms with Gasteiger partial charge in [0.15, 0.2) is 5.84 Å². The van der Waals surface area contributed by atoms with Gasteiger partial charge < -0.3 is 15.4 Å². The van der Waals surface area contributed by atoms with Crippen LogP contribution in [0.15, 0.2) is 23.3 Å². The lowest BCUT2D eigenvalue weighted by Gasteiger charge is -2.09. The standard InChI is InChI=1S/C15H19N7O/c1-9(2)15-19-11-7-10(20-21-12(8-16)14(17)18)3-4-13(11)22(15)5-6-23/h3-4,7,9,20,23H,5-6H2,1-2H3,(H3,17,18)/b21-12+. The van der Waals surface area contributed by atoms with Crippen LogP contribution >= 0.6 is 0 Å². The van der Waals surface area contributed by atoms with E-state index in [2.05, 4.69) is 15.5 Å². The summed E-state index contributed by atoms with van der Waals surface area (Å²) in [5.41, 5.74) is 10.1. The molecular formula is C15H19N7O. The molecule has 0 aliphatic heterocycles. The first-order chi connectivity index (χ1) is 11.0. The number of imidazole rings is 1. The molecule has 0 radical (unpaired) electrons. The Labute approximate surface area is 133 Å². The number of hydrogen-bond acceptors (Lipinski definition) is 6. The molecule has 0 saturated carbocycles. The molecule has 8 nitrogen and oxygen atoms in total. The fraction of sp³-hybridized carbons (Fsp3) is 0.333. The number of aliphatic hydroxyl groups excluding tert-OH is 1. The Morgan fingerprint density at radius 3 is 2.87 bits per heavy atom. The fourth-order valence-electron chi connectivity index (χ4n) is 2.26. The third-order valence-corrected chi connectivity index (χ3v) is 3.28. The summed E-state index contributed by atoms with van der Waals surface area (Å²) >= 11 is 0. The SMILES string of the molecule is CC(C)c1nc2cc(N/N=C(\C#N)C(=N)N)ccc2n1CCO. The number of aliphatic hydroxyl groups is 1. The zero-order valence-electron chi connectivity index (χ0n) is 13.0. The lowest BCUT2D eigenvalue weighted by Crippen LogP contribution is -2.21. The molecule has 0 spiro atoms. The zero-order valence-corrected chi connectivity index (χ0v) is 13.0. The number of nitriles is 1. The average Bonchev–Trinajstić information content (AvgIpc) is 2.86. The highest BCUT2D eigenvalue weighted by atomic mass is 16.3. The minimum absolute atomic E-state index is 0.0413. The number of rotatable bonds is 6. The molecule has 23 heavy (non-hydrogen) atoms. The van der Waals surface area contributed by atoms with Crippen LogP contribution in [0.5, 0.6) is 0 Å². The lowest BCUT2D eigenvalue weighted by atomic mass is 10.2. The van der Waals surface area contributed by atoms with Crippen LogP contribution in [0.3, 0.4) is 0 Å². The van der Waals surface area contributed by atoms with E-state index in [9.17, 15) is 5.11 Å². The summed E-state index contributed by atoms with van der Waals surface area (Å²) in [6, 6.07) is 7.21. The summed E-state index contributed by atoms with van der Waals surface area (Å²) in [4.78, 5) is 4.61. The second-order valence-corrected chi connectivity index (χ2v) is 5.30. The first-order valence-electron chi connectivity index (χ1n) is 7.17. The van der Waals surface area contributed by atoms with Crippen molar-refractivity contribution in [1.29, 1.82) is 10.7 Å². The summed E-state index contributed by atoms with van der Waals surface area (Å²) in [5, 5.41) is 29.1. The van der Waals surface area contributed by atoms with Crippen LogP contribution in [0.25, 0.3) is 11.0 Å². The summed E-state index contributed by atoms with van der Waals surface area (Å²) < 4.78 is 1.99. The second kappa shape index (κ2) is 6.89. The second-order valence-electron chi connectivity index (χ2n) is 5.30. The van der Waals surface area contributed by atoms with E-state index >= 15 is 0 Å². The van der Waals surface area contributed by atoms with Crippen molar-refractivity contribution in [2.75, 3.05) is 12.0 Å². The first-order valence-corrected chi connectivity index (χ1v) is 7.17. The summed E-state index contributed by atoms with van der Waals surface area (Å²) in [6.07, 6.45) is 0. The predicted octanol–water partition coefficient (Wildman–Crippen LogP) is 1.38. The van der Waals surface area contributed by atoms with Crippen LogP contribution < -0.4 is 11.2 Å². The van der Waals surface area contributed by atoms with Gasteiger partial charge in [-0.3, -0.25) is 10.8 Å². The van der Waals surface area contributed by atoms with Crippen molar-refractivity contribution in [3.8, 4) is 6.07 Å². The molecule has 5 N–H and O–H groups in total. The van der Waals surface area contributed by atoms with Crippen molar-refractivity contribution >= 4 is 28.3 Å². The molecule has 0 aliphatic carbocycles. The number of anilines is 1. The Bertz CT molecular complexity index is 798. The summed E-state index contributed by atoms with van der Waals surface area (Å²) in [6.45, 7) is 4.62. The molecule has 1 aromatic heterocycles. The lowest BCUT2D eigenvalue weighted by molar-refractivity contribution is 0.275. The van der Waals surface area contributed by atoms with E-state index in [1.807, 2.05) is 24.5 Å². The van der Waals surface area contributed by atoms with Gasteiger partial charge >= 0.3 is 0 Å². The highest BCUT2D eigenvalue weighted by Gasteiger charge is 2.13. The van der Waals surface area contributed by atoms with Crippen LogP contribution in [0.1, 0.15) is 25.6 Å². The van der Waals surface area contributed by atoms with Gasteiger partial charge in [-0.15, -0.1) is 0 Å². The number of hydrazone groups is 1. The summed E-state index contributed by atoms with van der Waals surface area (Å²) in [7, 11) is 0. The minimum Gasteiger partial charge on any atom is -0.395 e. The Morgan fingerprint density at radius 1 is 1.57 bits per heavy atom. The van der Waals surface area contributed by atoms with E-state index in [0.717, 1.165) is 16.9 Å². The van der Waals surface area contributed by atoms with Gasteiger partial charge in [0, 0.05) is 12.5 Å². The molecule has 0 unspecified atom stereocenters. The number of fused-ring (bicyclic) bond motifs is 1. The van der Waals surface area contributed by atoms with Crippen molar-refractivity contribution in [3.05, 3.63) is 24.0 Å². The minimum atomic E-state index is -0.393. The molecule has 120 valence electrons. The van der Waals surface area contributed by atoms with Crippen molar-refractivity contribution in [2.24, 2.45) is 10.8 Å². The van der Waals surface area contributed by atoms with Gasteiger partial charge in [-0.2, -0.15) is 10.4 Å². The molecule has 0 amide bonds. The maximum absolute atomic E-state index is 9.24. The number of nitrogens with one attached hydrogen (secondary N) is 2.